The van der Waals surface area contributed by atoms with E-state index in [1.807, 2.05) is 18.2 Å². The van der Waals surface area contributed by atoms with E-state index in [9.17, 15) is 10.4 Å². The van der Waals surface area contributed by atoms with Crippen LogP contribution in [-0.2, 0) is 0 Å². The van der Waals surface area contributed by atoms with E-state index in [-0.39, 0.29) is 0 Å². The van der Waals surface area contributed by atoms with Crippen LogP contribution in [0.2, 0.25) is 0 Å². The summed E-state index contributed by atoms with van der Waals surface area (Å²) in [4.78, 5) is 1.01. The summed E-state index contributed by atoms with van der Waals surface area (Å²) in [7, 11) is 0. The monoisotopic (exact) mass is 304 g/mol. The van der Waals surface area contributed by atoms with Crippen LogP contribution >= 0.6 is 11.8 Å². The molecule has 0 aromatic heterocycles. The summed E-state index contributed by atoms with van der Waals surface area (Å²) >= 11 is 1.68. The summed E-state index contributed by atoms with van der Waals surface area (Å²) in [6, 6.07) is 8.16. The summed E-state index contributed by atoms with van der Waals surface area (Å²) in [5, 5.41) is 23.3. The van der Waals surface area contributed by atoms with Crippen LogP contribution in [0.15, 0.2) is 23.1 Å². The zero-order valence-corrected chi connectivity index (χ0v) is 13.7. The smallest absolute Gasteiger partial charge is 0.102 e. The average molecular weight is 304 g/mol. The Balaban J connectivity index is 2.06. The number of aliphatic hydroxyl groups is 1. The fourth-order valence-electron chi connectivity index (χ4n) is 2.81. The van der Waals surface area contributed by atoms with Crippen LogP contribution in [0.1, 0.15) is 45.1 Å². The Morgan fingerprint density at radius 1 is 1.43 bits per heavy atom. The predicted octanol–water partition coefficient (Wildman–Crippen LogP) is 4.02. The van der Waals surface area contributed by atoms with Gasteiger partial charge in [-0.25, -0.2) is 0 Å². The maximum Gasteiger partial charge on any atom is 0.102 e. The van der Waals surface area contributed by atoms with Crippen molar-refractivity contribution in [1.29, 1.82) is 5.26 Å². The molecule has 1 aliphatic carbocycles. The Hall–Kier alpha value is -1.18. The molecule has 1 saturated carbocycles. The molecule has 3 nitrogen and oxygen atoms in total. The zero-order valence-electron chi connectivity index (χ0n) is 12.9. The molecule has 0 heterocycles. The van der Waals surface area contributed by atoms with Crippen molar-refractivity contribution < 1.29 is 5.11 Å². The Kier molecular flexibility index (Phi) is 5.55. The summed E-state index contributed by atoms with van der Waals surface area (Å²) in [6.07, 6.45) is 3.84. The van der Waals surface area contributed by atoms with Crippen LogP contribution in [0, 0.1) is 17.2 Å². The van der Waals surface area contributed by atoms with Gasteiger partial charge in [0.05, 0.1) is 16.9 Å². The Morgan fingerprint density at radius 3 is 2.76 bits per heavy atom. The van der Waals surface area contributed by atoms with Crippen molar-refractivity contribution in [2.45, 2.75) is 50.0 Å². The fourth-order valence-corrected chi connectivity index (χ4v) is 3.59. The third-order valence-corrected chi connectivity index (χ3v) is 5.19. The molecule has 1 aromatic carbocycles. The van der Waals surface area contributed by atoms with Gasteiger partial charge in [0.25, 0.3) is 0 Å². The van der Waals surface area contributed by atoms with E-state index in [2.05, 4.69) is 25.2 Å². The largest absolute Gasteiger partial charge is 0.388 e. The summed E-state index contributed by atoms with van der Waals surface area (Å²) in [5.74, 6) is 1.66. The van der Waals surface area contributed by atoms with Gasteiger partial charge in [-0.15, -0.1) is 11.8 Å². The van der Waals surface area contributed by atoms with Crippen LogP contribution in [0.25, 0.3) is 0 Å². The lowest BCUT2D eigenvalue weighted by atomic mass is 9.79. The summed E-state index contributed by atoms with van der Waals surface area (Å²) < 4.78 is 0. The number of nitriles is 1. The normalized spacial score (nSPS) is 25.3. The quantitative estimate of drug-likeness (QED) is 0.807. The van der Waals surface area contributed by atoms with Gasteiger partial charge in [0, 0.05) is 11.4 Å². The van der Waals surface area contributed by atoms with Gasteiger partial charge >= 0.3 is 0 Å². The first kappa shape index (κ1) is 16.2. The van der Waals surface area contributed by atoms with Crippen molar-refractivity contribution in [3.63, 3.8) is 0 Å². The van der Waals surface area contributed by atoms with Gasteiger partial charge in [0.15, 0.2) is 0 Å². The number of hydrogen-bond donors (Lipinski definition) is 2. The van der Waals surface area contributed by atoms with Gasteiger partial charge in [0.1, 0.15) is 6.07 Å². The first-order valence-electron chi connectivity index (χ1n) is 7.70. The summed E-state index contributed by atoms with van der Waals surface area (Å²) in [5.41, 5.74) is 0.896. The van der Waals surface area contributed by atoms with Crippen molar-refractivity contribution in [1.82, 2.24) is 0 Å². The second-order valence-corrected chi connectivity index (χ2v) is 7.29. The number of nitrogens with zero attached hydrogens (tertiary/aromatic N) is 1. The van der Waals surface area contributed by atoms with Crippen LogP contribution in [0.3, 0.4) is 0 Å². The molecule has 0 saturated heterocycles. The molecule has 0 aliphatic heterocycles. The van der Waals surface area contributed by atoms with Crippen LogP contribution in [0.4, 0.5) is 5.69 Å². The molecule has 21 heavy (non-hydrogen) atoms. The van der Waals surface area contributed by atoms with Crippen molar-refractivity contribution in [3.8, 4) is 6.07 Å². The standard InChI is InChI=1S/C17H24N2OS/c1-3-21-16-6-4-5-15(14(16)11-18)19-12-17(20)9-7-13(2)8-10-17/h4-6,13,19-20H,3,7-10,12H2,1-2H3. The third kappa shape index (κ3) is 4.15. The van der Waals surface area contributed by atoms with E-state index in [1.54, 1.807) is 11.8 Å². The van der Waals surface area contributed by atoms with Crippen molar-refractivity contribution in [2.24, 2.45) is 5.92 Å². The second-order valence-electron chi connectivity index (χ2n) is 5.98. The molecule has 1 aromatic rings. The molecule has 114 valence electrons. The minimum Gasteiger partial charge on any atom is -0.388 e. The van der Waals surface area contributed by atoms with E-state index in [1.165, 1.54) is 0 Å². The van der Waals surface area contributed by atoms with E-state index >= 15 is 0 Å². The summed E-state index contributed by atoms with van der Waals surface area (Å²) in [6.45, 7) is 4.85. The number of nitrogens with one attached hydrogen (secondary N) is 1. The molecule has 0 amide bonds. The highest BCUT2D eigenvalue weighted by atomic mass is 32.2. The lowest BCUT2D eigenvalue weighted by Crippen LogP contribution is -2.40. The number of anilines is 1. The Labute approximate surface area is 131 Å². The van der Waals surface area contributed by atoms with Crippen molar-refractivity contribution in [2.75, 3.05) is 17.6 Å². The molecule has 4 heteroatoms. The minimum atomic E-state index is -0.632. The van der Waals surface area contributed by atoms with Crippen LogP contribution in [-0.4, -0.2) is 23.0 Å². The molecule has 0 atom stereocenters. The van der Waals surface area contributed by atoms with Crippen molar-refractivity contribution in [3.05, 3.63) is 23.8 Å². The Morgan fingerprint density at radius 2 is 2.14 bits per heavy atom. The fraction of sp³-hybridized carbons (Fsp3) is 0.588. The maximum atomic E-state index is 10.6. The average Bonchev–Trinajstić information content (AvgIpc) is 2.49. The van der Waals surface area contributed by atoms with Gasteiger partial charge < -0.3 is 10.4 Å². The molecule has 1 aliphatic rings. The predicted molar refractivity (Wildman–Crippen MR) is 88.6 cm³/mol. The number of benzene rings is 1. The first-order chi connectivity index (χ1) is 10.1. The molecule has 0 unspecified atom stereocenters. The van der Waals surface area contributed by atoms with E-state index in [4.69, 9.17) is 0 Å². The molecule has 2 rings (SSSR count). The van der Waals surface area contributed by atoms with Crippen LogP contribution in [0.5, 0.6) is 0 Å². The lowest BCUT2D eigenvalue weighted by Gasteiger charge is -2.35. The minimum absolute atomic E-state index is 0.522. The topological polar surface area (TPSA) is 56.0 Å². The first-order valence-corrected chi connectivity index (χ1v) is 8.68. The molecule has 2 N–H and O–H groups in total. The van der Waals surface area contributed by atoms with Gasteiger partial charge in [0.2, 0.25) is 0 Å². The molecular formula is C17H24N2OS. The maximum absolute atomic E-state index is 10.6. The van der Waals surface area contributed by atoms with Gasteiger partial charge in [-0.2, -0.15) is 5.26 Å². The van der Waals surface area contributed by atoms with Gasteiger partial charge in [-0.3, -0.25) is 0 Å². The van der Waals surface area contributed by atoms with Crippen LogP contribution < -0.4 is 5.32 Å². The number of hydrogen-bond acceptors (Lipinski definition) is 4. The number of rotatable bonds is 5. The van der Waals surface area contributed by atoms with E-state index < -0.39 is 5.60 Å². The molecule has 0 radical (unpaired) electrons. The lowest BCUT2D eigenvalue weighted by molar-refractivity contribution is 0.00501. The molecule has 1 fully saturated rings. The van der Waals surface area contributed by atoms with Crippen molar-refractivity contribution >= 4 is 17.4 Å². The number of thioether (sulfide) groups is 1. The van der Waals surface area contributed by atoms with E-state index in [0.717, 1.165) is 42.0 Å². The third-order valence-electron chi connectivity index (χ3n) is 4.25. The van der Waals surface area contributed by atoms with E-state index in [0.29, 0.717) is 18.0 Å². The Bertz CT molecular complexity index is 516. The SMILES string of the molecule is CCSc1cccc(NCC2(O)CCC(C)CC2)c1C#N. The highest BCUT2D eigenvalue weighted by Crippen LogP contribution is 2.33. The molecule has 0 bridgehead atoms. The highest BCUT2D eigenvalue weighted by molar-refractivity contribution is 7.99. The molecule has 0 spiro atoms. The molecular weight excluding hydrogens is 280 g/mol. The second kappa shape index (κ2) is 7.20. The highest BCUT2D eigenvalue weighted by Gasteiger charge is 2.31. The van der Waals surface area contributed by atoms with Gasteiger partial charge in [-0.1, -0.05) is 19.9 Å². The zero-order chi connectivity index (χ0) is 15.3. The van der Waals surface area contributed by atoms with Gasteiger partial charge in [-0.05, 0) is 49.5 Å².